The van der Waals surface area contributed by atoms with Crippen molar-refractivity contribution >= 4 is 29.3 Å². The number of aromatic nitrogens is 2. The van der Waals surface area contributed by atoms with Crippen molar-refractivity contribution in [3.8, 4) is 0 Å². The van der Waals surface area contributed by atoms with Gasteiger partial charge in [-0.3, -0.25) is 0 Å². The van der Waals surface area contributed by atoms with E-state index in [0.29, 0.717) is 16.8 Å². The number of nitrogens with zero attached hydrogens (tertiary/aromatic N) is 2. The molecule has 100 valence electrons. The molecule has 4 nitrogen and oxygen atoms in total. The molecule has 0 bridgehead atoms. The van der Waals surface area contributed by atoms with E-state index in [4.69, 9.17) is 5.84 Å². The summed E-state index contributed by atoms with van der Waals surface area (Å²) in [6, 6.07) is 0. The van der Waals surface area contributed by atoms with Crippen molar-refractivity contribution in [3.05, 3.63) is 17.3 Å². The van der Waals surface area contributed by atoms with E-state index in [1.807, 2.05) is 23.5 Å². The van der Waals surface area contributed by atoms with Crippen molar-refractivity contribution in [1.29, 1.82) is 0 Å². The Kier molecular flexibility index (Phi) is 4.69. The first kappa shape index (κ1) is 13.9. The standard InChI is InChI=1S/C11H17FN4S2/c1-3-7-9(18-5-4-17-7)11-14-6(2)8(12)10(15-11)16-13/h7,9H,3-5,13H2,1-2H3,(H,14,15,16). The average Bonchev–Trinajstić information content (AvgIpc) is 2.41. The van der Waals surface area contributed by atoms with Crippen molar-refractivity contribution in [2.75, 3.05) is 16.9 Å². The van der Waals surface area contributed by atoms with Gasteiger partial charge in [0.2, 0.25) is 0 Å². The van der Waals surface area contributed by atoms with Gasteiger partial charge in [0.1, 0.15) is 5.82 Å². The molecule has 2 atom stereocenters. The molecular weight excluding hydrogens is 271 g/mol. The highest BCUT2D eigenvalue weighted by atomic mass is 32.2. The molecule has 1 aliphatic rings. The summed E-state index contributed by atoms with van der Waals surface area (Å²) >= 11 is 3.79. The lowest BCUT2D eigenvalue weighted by Gasteiger charge is -2.29. The lowest BCUT2D eigenvalue weighted by atomic mass is 10.2. The van der Waals surface area contributed by atoms with Crippen LogP contribution in [0.3, 0.4) is 0 Å². The zero-order valence-electron chi connectivity index (χ0n) is 10.4. The van der Waals surface area contributed by atoms with Crippen LogP contribution >= 0.6 is 23.5 Å². The monoisotopic (exact) mass is 288 g/mol. The largest absolute Gasteiger partial charge is 0.306 e. The lowest BCUT2D eigenvalue weighted by molar-refractivity contribution is 0.597. The van der Waals surface area contributed by atoms with E-state index in [0.717, 1.165) is 17.9 Å². The van der Waals surface area contributed by atoms with Crippen molar-refractivity contribution in [1.82, 2.24) is 9.97 Å². The van der Waals surface area contributed by atoms with Gasteiger partial charge in [0, 0.05) is 16.8 Å². The Hall–Kier alpha value is -0.530. The molecule has 7 heteroatoms. The van der Waals surface area contributed by atoms with Crippen LogP contribution in [-0.4, -0.2) is 26.7 Å². The Labute approximate surface area is 115 Å². The summed E-state index contributed by atoms with van der Waals surface area (Å²) in [5.41, 5.74) is 2.65. The number of nitrogen functional groups attached to an aromatic ring is 1. The van der Waals surface area contributed by atoms with E-state index in [-0.39, 0.29) is 11.1 Å². The molecule has 3 N–H and O–H groups in total. The van der Waals surface area contributed by atoms with Gasteiger partial charge in [-0.25, -0.2) is 20.2 Å². The fourth-order valence-electron chi connectivity index (χ4n) is 1.95. The maximum atomic E-state index is 13.6. The van der Waals surface area contributed by atoms with Crippen LogP contribution in [0.4, 0.5) is 10.2 Å². The van der Waals surface area contributed by atoms with E-state index in [9.17, 15) is 4.39 Å². The summed E-state index contributed by atoms with van der Waals surface area (Å²) < 4.78 is 13.6. The van der Waals surface area contributed by atoms with Gasteiger partial charge < -0.3 is 5.43 Å². The molecule has 0 spiro atoms. The molecule has 1 aromatic heterocycles. The van der Waals surface area contributed by atoms with E-state index >= 15 is 0 Å². The van der Waals surface area contributed by atoms with Crippen LogP contribution in [0.5, 0.6) is 0 Å². The first-order valence-corrected chi connectivity index (χ1v) is 8.01. The van der Waals surface area contributed by atoms with Crippen molar-refractivity contribution < 1.29 is 4.39 Å². The van der Waals surface area contributed by atoms with E-state index in [1.54, 1.807) is 6.92 Å². The third-order valence-electron chi connectivity index (χ3n) is 2.88. The highest BCUT2D eigenvalue weighted by Crippen LogP contribution is 2.43. The van der Waals surface area contributed by atoms with Gasteiger partial charge in [-0.05, 0) is 13.3 Å². The van der Waals surface area contributed by atoms with Crippen LogP contribution in [0.25, 0.3) is 0 Å². The Balaban J connectivity index is 2.34. The highest BCUT2D eigenvalue weighted by molar-refractivity contribution is 8.06. The zero-order chi connectivity index (χ0) is 13.1. The second kappa shape index (κ2) is 6.08. The Morgan fingerprint density at radius 1 is 1.39 bits per heavy atom. The predicted octanol–water partition coefficient (Wildman–Crippen LogP) is 2.51. The highest BCUT2D eigenvalue weighted by Gasteiger charge is 2.29. The molecule has 0 saturated carbocycles. The maximum Gasteiger partial charge on any atom is 0.187 e. The fourth-order valence-corrected chi connectivity index (χ4v) is 4.94. The van der Waals surface area contributed by atoms with Crippen LogP contribution in [0.15, 0.2) is 0 Å². The second-order valence-corrected chi connectivity index (χ2v) is 6.68. The van der Waals surface area contributed by atoms with Gasteiger partial charge in [-0.1, -0.05) is 6.92 Å². The average molecular weight is 288 g/mol. The second-order valence-electron chi connectivity index (χ2n) is 4.08. The summed E-state index contributed by atoms with van der Waals surface area (Å²) in [6.07, 6.45) is 1.06. The number of hydrogen-bond acceptors (Lipinski definition) is 6. The summed E-state index contributed by atoms with van der Waals surface area (Å²) in [6.45, 7) is 3.80. The van der Waals surface area contributed by atoms with E-state index in [2.05, 4.69) is 22.3 Å². The number of nitrogens with one attached hydrogen (secondary N) is 1. The molecule has 1 aliphatic heterocycles. The van der Waals surface area contributed by atoms with Crippen LogP contribution in [-0.2, 0) is 0 Å². The van der Waals surface area contributed by atoms with Gasteiger partial charge in [0.25, 0.3) is 0 Å². The van der Waals surface area contributed by atoms with Gasteiger partial charge >= 0.3 is 0 Å². The molecule has 0 aromatic carbocycles. The summed E-state index contributed by atoms with van der Waals surface area (Å²) in [5.74, 6) is 7.83. The van der Waals surface area contributed by atoms with E-state index < -0.39 is 5.82 Å². The Bertz CT molecular complexity index is 430. The molecule has 2 heterocycles. The molecule has 0 amide bonds. The number of halogens is 1. The summed E-state index contributed by atoms with van der Waals surface area (Å²) in [7, 11) is 0. The molecular formula is C11H17FN4S2. The van der Waals surface area contributed by atoms with Crippen LogP contribution in [0.1, 0.15) is 30.1 Å². The van der Waals surface area contributed by atoms with Crippen LogP contribution in [0.2, 0.25) is 0 Å². The molecule has 2 unspecified atom stereocenters. The maximum absolute atomic E-state index is 13.6. The SMILES string of the molecule is CCC1SCCSC1c1nc(C)c(F)c(NN)n1. The molecule has 0 radical (unpaired) electrons. The molecule has 1 aromatic rings. The Morgan fingerprint density at radius 3 is 2.78 bits per heavy atom. The van der Waals surface area contributed by atoms with Gasteiger partial charge in [-0.15, -0.1) is 11.8 Å². The summed E-state index contributed by atoms with van der Waals surface area (Å²) in [5, 5.41) is 0.708. The third kappa shape index (κ3) is 2.73. The first-order chi connectivity index (χ1) is 8.67. The van der Waals surface area contributed by atoms with Gasteiger partial charge in [0.15, 0.2) is 11.6 Å². The number of hydrogen-bond donors (Lipinski definition) is 2. The topological polar surface area (TPSA) is 63.8 Å². The fraction of sp³-hybridized carbons (Fsp3) is 0.636. The van der Waals surface area contributed by atoms with Crippen molar-refractivity contribution in [3.63, 3.8) is 0 Å². The Morgan fingerprint density at radius 2 is 2.11 bits per heavy atom. The number of hydrazine groups is 1. The molecule has 18 heavy (non-hydrogen) atoms. The number of aryl methyl sites for hydroxylation is 1. The molecule has 2 rings (SSSR count). The smallest absolute Gasteiger partial charge is 0.187 e. The normalized spacial score (nSPS) is 24.0. The minimum absolute atomic E-state index is 0.0866. The van der Waals surface area contributed by atoms with Crippen molar-refractivity contribution in [2.24, 2.45) is 5.84 Å². The third-order valence-corrected chi connectivity index (χ3v) is 6.12. The minimum Gasteiger partial charge on any atom is -0.306 e. The van der Waals surface area contributed by atoms with E-state index in [1.165, 1.54) is 0 Å². The number of anilines is 1. The molecule has 0 aliphatic carbocycles. The lowest BCUT2D eigenvalue weighted by Crippen LogP contribution is -2.22. The number of rotatable bonds is 3. The molecule has 1 saturated heterocycles. The summed E-state index contributed by atoms with van der Waals surface area (Å²) in [4.78, 5) is 8.50. The quantitative estimate of drug-likeness (QED) is 0.658. The number of thioether (sulfide) groups is 2. The number of nitrogens with two attached hydrogens (primary N) is 1. The van der Waals surface area contributed by atoms with Gasteiger partial charge in [-0.2, -0.15) is 11.8 Å². The molecule has 1 fully saturated rings. The van der Waals surface area contributed by atoms with Gasteiger partial charge in [0.05, 0.1) is 10.9 Å². The first-order valence-electron chi connectivity index (χ1n) is 5.91. The van der Waals surface area contributed by atoms with Crippen molar-refractivity contribution in [2.45, 2.75) is 30.8 Å². The van der Waals surface area contributed by atoms with Crippen LogP contribution < -0.4 is 11.3 Å². The zero-order valence-corrected chi connectivity index (χ0v) is 12.1. The van der Waals surface area contributed by atoms with Crippen LogP contribution in [0, 0.1) is 12.7 Å². The minimum atomic E-state index is -0.470. The predicted molar refractivity (Wildman–Crippen MR) is 76.3 cm³/mol.